The van der Waals surface area contributed by atoms with E-state index in [0.29, 0.717) is 31.0 Å². The lowest BCUT2D eigenvalue weighted by Gasteiger charge is -2.16. The van der Waals surface area contributed by atoms with E-state index < -0.39 is 5.97 Å². The Labute approximate surface area is 123 Å². The molecule has 1 N–H and O–H groups in total. The molecule has 1 saturated heterocycles. The van der Waals surface area contributed by atoms with Crippen molar-refractivity contribution in [1.82, 2.24) is 4.90 Å². The average molecular weight is 296 g/mol. The first kappa shape index (κ1) is 14.9. The molecule has 5 heteroatoms. The van der Waals surface area contributed by atoms with Crippen LogP contribution in [0.15, 0.2) is 24.3 Å². The lowest BCUT2D eigenvalue weighted by Crippen LogP contribution is -2.29. The topological polar surface area (TPSA) is 57.6 Å². The van der Waals surface area contributed by atoms with E-state index in [4.69, 9.17) is 16.7 Å². The van der Waals surface area contributed by atoms with E-state index in [1.165, 1.54) is 0 Å². The molecule has 1 unspecified atom stereocenters. The number of carbonyl (C=O) groups excluding carboxylic acids is 1. The van der Waals surface area contributed by atoms with Crippen molar-refractivity contribution in [2.24, 2.45) is 5.92 Å². The van der Waals surface area contributed by atoms with Crippen LogP contribution in [0.1, 0.15) is 24.8 Å². The van der Waals surface area contributed by atoms with Crippen molar-refractivity contribution in [1.29, 1.82) is 0 Å². The number of rotatable bonds is 5. The van der Waals surface area contributed by atoms with Crippen LogP contribution in [0.2, 0.25) is 5.02 Å². The lowest BCUT2D eigenvalue weighted by molar-refractivity contribution is -0.138. The van der Waals surface area contributed by atoms with Crippen LogP contribution in [0.5, 0.6) is 0 Å². The second-order valence-corrected chi connectivity index (χ2v) is 5.59. The minimum Gasteiger partial charge on any atom is -0.481 e. The number of carboxylic acids is 1. The number of halogens is 1. The third kappa shape index (κ3) is 3.97. The molecule has 0 bridgehead atoms. The van der Waals surface area contributed by atoms with Gasteiger partial charge in [-0.2, -0.15) is 0 Å². The molecule has 1 amide bonds. The van der Waals surface area contributed by atoms with E-state index in [-0.39, 0.29) is 18.2 Å². The first-order valence-electron chi connectivity index (χ1n) is 6.79. The van der Waals surface area contributed by atoms with Gasteiger partial charge in [-0.05, 0) is 30.4 Å². The summed E-state index contributed by atoms with van der Waals surface area (Å²) in [4.78, 5) is 24.5. The fraction of sp³-hybridized carbons (Fsp3) is 0.467. The molecule has 1 fully saturated rings. The number of benzene rings is 1. The average Bonchev–Trinajstić information content (AvgIpc) is 2.85. The van der Waals surface area contributed by atoms with E-state index in [2.05, 4.69) is 0 Å². The third-order valence-electron chi connectivity index (χ3n) is 3.67. The highest BCUT2D eigenvalue weighted by atomic mass is 35.5. The van der Waals surface area contributed by atoms with Gasteiger partial charge >= 0.3 is 5.97 Å². The zero-order chi connectivity index (χ0) is 14.5. The minimum absolute atomic E-state index is 0.0813. The molecule has 1 aliphatic rings. The van der Waals surface area contributed by atoms with Crippen molar-refractivity contribution in [2.45, 2.75) is 25.7 Å². The zero-order valence-corrected chi connectivity index (χ0v) is 12.0. The smallest absolute Gasteiger partial charge is 0.303 e. The Morgan fingerprint density at radius 3 is 2.80 bits per heavy atom. The van der Waals surface area contributed by atoms with Crippen molar-refractivity contribution in [3.63, 3.8) is 0 Å². The molecule has 1 aromatic carbocycles. The minimum atomic E-state index is -0.791. The number of carbonyl (C=O) groups is 2. The molecule has 1 atom stereocenters. The van der Waals surface area contributed by atoms with Crippen LogP contribution in [0.4, 0.5) is 0 Å². The highest BCUT2D eigenvalue weighted by Gasteiger charge is 2.27. The standard InChI is InChI=1S/C15H18ClNO3/c16-13-4-2-1-3-12(13)5-6-14(18)17-8-7-11(10-17)9-15(19)20/h1-4,11H,5-10H2,(H,19,20). The number of hydrogen-bond donors (Lipinski definition) is 1. The van der Waals surface area contributed by atoms with Crippen molar-refractivity contribution >= 4 is 23.5 Å². The van der Waals surface area contributed by atoms with Crippen LogP contribution in [0, 0.1) is 5.92 Å². The Kier molecular flexibility index (Phi) is 5.01. The molecule has 1 heterocycles. The molecule has 4 nitrogen and oxygen atoms in total. The fourth-order valence-corrected chi connectivity index (χ4v) is 2.80. The summed E-state index contributed by atoms with van der Waals surface area (Å²) in [6, 6.07) is 7.52. The molecule has 0 saturated carbocycles. The molecule has 0 aromatic heterocycles. The number of aryl methyl sites for hydroxylation is 1. The summed E-state index contributed by atoms with van der Waals surface area (Å²) < 4.78 is 0. The van der Waals surface area contributed by atoms with Gasteiger partial charge < -0.3 is 10.0 Å². The van der Waals surface area contributed by atoms with Crippen molar-refractivity contribution in [3.05, 3.63) is 34.9 Å². The Bertz CT molecular complexity index is 504. The van der Waals surface area contributed by atoms with Crippen LogP contribution in [-0.2, 0) is 16.0 Å². The van der Waals surface area contributed by atoms with E-state index in [9.17, 15) is 9.59 Å². The highest BCUT2D eigenvalue weighted by Crippen LogP contribution is 2.22. The molecule has 1 aliphatic heterocycles. The third-order valence-corrected chi connectivity index (χ3v) is 4.04. The second kappa shape index (κ2) is 6.75. The Hall–Kier alpha value is -1.55. The number of carboxylic acid groups (broad SMARTS) is 1. The van der Waals surface area contributed by atoms with Crippen molar-refractivity contribution in [3.8, 4) is 0 Å². The molecule has 0 spiro atoms. The fourth-order valence-electron chi connectivity index (χ4n) is 2.57. The first-order chi connectivity index (χ1) is 9.56. The van der Waals surface area contributed by atoms with Crippen molar-refractivity contribution in [2.75, 3.05) is 13.1 Å². The van der Waals surface area contributed by atoms with E-state index in [1.54, 1.807) is 4.90 Å². The molecular formula is C15H18ClNO3. The second-order valence-electron chi connectivity index (χ2n) is 5.18. The molecule has 20 heavy (non-hydrogen) atoms. The monoisotopic (exact) mass is 295 g/mol. The van der Waals surface area contributed by atoms with Crippen LogP contribution in [0.25, 0.3) is 0 Å². The van der Waals surface area contributed by atoms with Gasteiger partial charge in [0.2, 0.25) is 5.91 Å². The van der Waals surface area contributed by atoms with Gasteiger partial charge in [0.1, 0.15) is 0 Å². The van der Waals surface area contributed by atoms with Crippen LogP contribution >= 0.6 is 11.6 Å². The van der Waals surface area contributed by atoms with Gasteiger partial charge in [0, 0.05) is 31.0 Å². The van der Waals surface area contributed by atoms with Crippen LogP contribution in [0.3, 0.4) is 0 Å². The van der Waals surface area contributed by atoms with E-state index in [1.807, 2.05) is 24.3 Å². The Morgan fingerprint density at radius 2 is 2.10 bits per heavy atom. The van der Waals surface area contributed by atoms with Crippen molar-refractivity contribution < 1.29 is 14.7 Å². The maximum absolute atomic E-state index is 12.1. The van der Waals surface area contributed by atoms with Gasteiger partial charge in [-0.3, -0.25) is 9.59 Å². The first-order valence-corrected chi connectivity index (χ1v) is 7.17. The molecular weight excluding hydrogens is 278 g/mol. The highest BCUT2D eigenvalue weighted by molar-refractivity contribution is 6.31. The molecule has 2 rings (SSSR count). The maximum Gasteiger partial charge on any atom is 0.303 e. The SMILES string of the molecule is O=C(O)CC1CCN(C(=O)CCc2ccccc2Cl)C1. The number of aliphatic carboxylic acids is 1. The number of amides is 1. The number of hydrogen-bond acceptors (Lipinski definition) is 2. The van der Waals surface area contributed by atoms with E-state index >= 15 is 0 Å². The van der Waals surface area contributed by atoms with Gasteiger partial charge in [0.15, 0.2) is 0 Å². The predicted molar refractivity (Wildman–Crippen MR) is 76.7 cm³/mol. The van der Waals surface area contributed by atoms with Crippen LogP contribution < -0.4 is 0 Å². The zero-order valence-electron chi connectivity index (χ0n) is 11.2. The Morgan fingerprint density at radius 1 is 1.35 bits per heavy atom. The summed E-state index contributed by atoms with van der Waals surface area (Å²) in [6.07, 6.45) is 1.97. The maximum atomic E-state index is 12.1. The number of likely N-dealkylation sites (tertiary alicyclic amines) is 1. The predicted octanol–water partition coefficient (Wildman–Crippen LogP) is 2.60. The van der Waals surface area contributed by atoms with Crippen LogP contribution in [-0.4, -0.2) is 35.0 Å². The van der Waals surface area contributed by atoms with Gasteiger partial charge in [0.05, 0.1) is 0 Å². The quantitative estimate of drug-likeness (QED) is 0.908. The summed E-state index contributed by atoms with van der Waals surface area (Å²) in [5.41, 5.74) is 0.976. The molecule has 0 radical (unpaired) electrons. The van der Waals surface area contributed by atoms with E-state index in [0.717, 1.165) is 12.0 Å². The summed E-state index contributed by atoms with van der Waals surface area (Å²) in [7, 11) is 0. The van der Waals surface area contributed by atoms with Gasteiger partial charge in [-0.1, -0.05) is 29.8 Å². The summed E-state index contributed by atoms with van der Waals surface area (Å²) >= 11 is 6.06. The summed E-state index contributed by atoms with van der Waals surface area (Å²) in [5, 5.41) is 9.45. The largest absolute Gasteiger partial charge is 0.481 e. The summed E-state index contributed by atoms with van der Waals surface area (Å²) in [6.45, 7) is 1.23. The molecule has 108 valence electrons. The normalized spacial score (nSPS) is 18.2. The molecule has 0 aliphatic carbocycles. The van der Waals surface area contributed by atoms with Gasteiger partial charge in [-0.25, -0.2) is 0 Å². The summed E-state index contributed by atoms with van der Waals surface area (Å²) in [5.74, 6) is -0.616. The number of nitrogens with zero attached hydrogens (tertiary/aromatic N) is 1. The van der Waals surface area contributed by atoms with Gasteiger partial charge in [0.25, 0.3) is 0 Å². The lowest BCUT2D eigenvalue weighted by atomic mass is 10.1. The molecule has 1 aromatic rings. The Balaban J connectivity index is 1.81. The van der Waals surface area contributed by atoms with Gasteiger partial charge in [-0.15, -0.1) is 0 Å².